The van der Waals surface area contributed by atoms with E-state index >= 15 is 0 Å². The lowest BCUT2D eigenvalue weighted by molar-refractivity contribution is 0.0919. The maximum Gasteiger partial charge on any atom is 0.251 e. The van der Waals surface area contributed by atoms with Gasteiger partial charge in [0, 0.05) is 37.8 Å². The van der Waals surface area contributed by atoms with Crippen LogP contribution in [0.5, 0.6) is 0 Å². The summed E-state index contributed by atoms with van der Waals surface area (Å²) in [6.07, 6.45) is 2.62. The molecule has 1 saturated carbocycles. The van der Waals surface area contributed by atoms with Crippen molar-refractivity contribution in [3.05, 3.63) is 35.4 Å². The van der Waals surface area contributed by atoms with Crippen LogP contribution in [0.25, 0.3) is 0 Å². The smallest absolute Gasteiger partial charge is 0.251 e. The molecule has 1 aromatic rings. The number of amides is 1. The molecule has 1 aliphatic carbocycles. The number of rotatable bonds is 9. The van der Waals surface area contributed by atoms with Gasteiger partial charge in [-0.05, 0) is 64.2 Å². The van der Waals surface area contributed by atoms with Gasteiger partial charge in [-0.3, -0.25) is 4.79 Å². The van der Waals surface area contributed by atoms with Crippen LogP contribution >= 0.6 is 0 Å². The average molecular weight is 389 g/mol. The van der Waals surface area contributed by atoms with E-state index in [1.165, 1.54) is 12.8 Å². The van der Waals surface area contributed by atoms with Crippen LogP contribution in [-0.4, -0.2) is 55.7 Å². The number of guanidine groups is 1. The van der Waals surface area contributed by atoms with E-state index in [4.69, 9.17) is 9.73 Å². The number of hydrogen-bond donors (Lipinski definition) is 2. The highest BCUT2D eigenvalue weighted by Crippen LogP contribution is 2.28. The zero-order valence-corrected chi connectivity index (χ0v) is 18.0. The second-order valence-electron chi connectivity index (χ2n) is 8.51. The third-order valence-corrected chi connectivity index (χ3v) is 4.41. The Hall–Kier alpha value is -2.08. The van der Waals surface area contributed by atoms with Crippen molar-refractivity contribution in [2.24, 2.45) is 10.9 Å². The standard InChI is InChI=1S/C22H36N4O2/c1-6-23-21(26(5)12-13-28-16-17-10-11-17)24-15-18-8-7-9-19(14-18)20(27)25-22(2,3)4/h7-9,14,17H,6,10-13,15-16H2,1-5H3,(H,23,24)(H,25,27). The Kier molecular flexibility index (Phi) is 8.30. The van der Waals surface area contributed by atoms with Gasteiger partial charge in [-0.25, -0.2) is 4.99 Å². The maximum atomic E-state index is 12.4. The van der Waals surface area contributed by atoms with Crippen molar-refractivity contribution in [3.8, 4) is 0 Å². The number of nitrogens with zero attached hydrogens (tertiary/aromatic N) is 2. The van der Waals surface area contributed by atoms with Crippen LogP contribution in [0.1, 0.15) is 56.5 Å². The molecule has 6 nitrogen and oxygen atoms in total. The summed E-state index contributed by atoms with van der Waals surface area (Å²) in [5.41, 5.74) is 1.41. The highest BCUT2D eigenvalue weighted by Gasteiger charge is 2.21. The second-order valence-corrected chi connectivity index (χ2v) is 8.51. The van der Waals surface area contributed by atoms with Gasteiger partial charge < -0.3 is 20.3 Å². The van der Waals surface area contributed by atoms with Gasteiger partial charge in [0.15, 0.2) is 5.96 Å². The lowest BCUT2D eigenvalue weighted by atomic mass is 10.1. The maximum absolute atomic E-state index is 12.4. The molecule has 1 aliphatic rings. The number of likely N-dealkylation sites (N-methyl/N-ethyl adjacent to an activating group) is 1. The van der Waals surface area contributed by atoms with Crippen LogP contribution in [0, 0.1) is 5.92 Å². The number of ether oxygens (including phenoxy) is 1. The van der Waals surface area contributed by atoms with E-state index in [1.54, 1.807) is 0 Å². The molecule has 156 valence electrons. The van der Waals surface area contributed by atoms with E-state index < -0.39 is 0 Å². The molecule has 0 unspecified atom stereocenters. The van der Waals surface area contributed by atoms with Gasteiger partial charge in [0.1, 0.15) is 0 Å². The lowest BCUT2D eigenvalue weighted by Crippen LogP contribution is -2.40. The Bertz CT molecular complexity index is 663. The summed E-state index contributed by atoms with van der Waals surface area (Å²) in [6, 6.07) is 7.65. The minimum atomic E-state index is -0.256. The van der Waals surface area contributed by atoms with Crippen LogP contribution in [0.3, 0.4) is 0 Å². The van der Waals surface area contributed by atoms with E-state index in [0.29, 0.717) is 18.7 Å². The molecule has 0 atom stereocenters. The summed E-state index contributed by atoms with van der Waals surface area (Å²) in [6.45, 7) is 11.7. The minimum absolute atomic E-state index is 0.0600. The van der Waals surface area contributed by atoms with Crippen molar-refractivity contribution in [2.45, 2.75) is 52.6 Å². The third-order valence-electron chi connectivity index (χ3n) is 4.41. The predicted molar refractivity (Wildman–Crippen MR) is 115 cm³/mol. The quantitative estimate of drug-likeness (QED) is 0.388. The molecule has 6 heteroatoms. The summed E-state index contributed by atoms with van der Waals surface area (Å²) in [5.74, 6) is 1.58. The van der Waals surface area contributed by atoms with E-state index in [0.717, 1.165) is 37.1 Å². The van der Waals surface area contributed by atoms with Gasteiger partial charge in [-0.2, -0.15) is 0 Å². The Labute approximate surface area is 169 Å². The second kappa shape index (κ2) is 10.5. The fourth-order valence-corrected chi connectivity index (χ4v) is 2.70. The summed E-state index contributed by atoms with van der Waals surface area (Å²) >= 11 is 0. The number of benzene rings is 1. The minimum Gasteiger partial charge on any atom is -0.379 e. The first-order valence-electron chi connectivity index (χ1n) is 10.3. The number of nitrogens with one attached hydrogen (secondary N) is 2. The molecule has 1 aromatic carbocycles. The van der Waals surface area contributed by atoms with Crippen LogP contribution in [0.2, 0.25) is 0 Å². The van der Waals surface area contributed by atoms with E-state index in [9.17, 15) is 4.79 Å². The van der Waals surface area contributed by atoms with Crippen LogP contribution in [-0.2, 0) is 11.3 Å². The summed E-state index contributed by atoms with van der Waals surface area (Å²) in [4.78, 5) is 19.2. The van der Waals surface area contributed by atoms with Crippen molar-refractivity contribution >= 4 is 11.9 Å². The average Bonchev–Trinajstić information content (AvgIpc) is 3.45. The number of hydrogen-bond acceptors (Lipinski definition) is 3. The number of carbonyl (C=O) groups is 1. The largest absolute Gasteiger partial charge is 0.379 e. The van der Waals surface area contributed by atoms with Gasteiger partial charge >= 0.3 is 0 Å². The fourth-order valence-electron chi connectivity index (χ4n) is 2.70. The normalized spacial score (nSPS) is 14.7. The van der Waals surface area contributed by atoms with Crippen LogP contribution in [0.15, 0.2) is 29.3 Å². The summed E-state index contributed by atoms with van der Waals surface area (Å²) in [7, 11) is 2.02. The molecule has 1 fully saturated rings. The van der Waals surface area contributed by atoms with Gasteiger partial charge in [-0.15, -0.1) is 0 Å². The van der Waals surface area contributed by atoms with Crippen molar-refractivity contribution < 1.29 is 9.53 Å². The molecule has 0 aromatic heterocycles. The monoisotopic (exact) mass is 388 g/mol. The molecule has 0 spiro atoms. The van der Waals surface area contributed by atoms with E-state index in [1.807, 2.05) is 52.1 Å². The van der Waals surface area contributed by atoms with Crippen molar-refractivity contribution in [1.29, 1.82) is 0 Å². The fraction of sp³-hybridized carbons (Fsp3) is 0.636. The SMILES string of the molecule is CCNC(=NCc1cccc(C(=O)NC(C)(C)C)c1)N(C)CCOCC1CC1. The van der Waals surface area contributed by atoms with Crippen molar-refractivity contribution in [1.82, 2.24) is 15.5 Å². The zero-order valence-electron chi connectivity index (χ0n) is 18.0. The Morgan fingerprint density at radius 2 is 2.07 bits per heavy atom. The molecule has 0 radical (unpaired) electrons. The molecule has 2 N–H and O–H groups in total. The molecule has 28 heavy (non-hydrogen) atoms. The van der Waals surface area contributed by atoms with Crippen LogP contribution in [0.4, 0.5) is 0 Å². The molecule has 0 aliphatic heterocycles. The molecular weight excluding hydrogens is 352 g/mol. The van der Waals surface area contributed by atoms with E-state index in [-0.39, 0.29) is 11.4 Å². The number of carbonyl (C=O) groups excluding carboxylic acids is 1. The van der Waals surface area contributed by atoms with E-state index in [2.05, 4.69) is 22.5 Å². The Morgan fingerprint density at radius 3 is 2.71 bits per heavy atom. The van der Waals surface area contributed by atoms with Gasteiger partial charge in [-0.1, -0.05) is 12.1 Å². The van der Waals surface area contributed by atoms with Crippen molar-refractivity contribution in [3.63, 3.8) is 0 Å². The first kappa shape index (κ1) is 22.2. The number of aliphatic imine (C=N–C) groups is 1. The topological polar surface area (TPSA) is 66.0 Å². The molecule has 1 amide bonds. The molecule has 0 heterocycles. The zero-order chi connectivity index (χ0) is 20.6. The molecular formula is C22H36N4O2. The Balaban J connectivity index is 1.93. The first-order valence-corrected chi connectivity index (χ1v) is 10.3. The van der Waals surface area contributed by atoms with Gasteiger partial charge in [0.05, 0.1) is 13.2 Å². The highest BCUT2D eigenvalue weighted by molar-refractivity contribution is 5.94. The third kappa shape index (κ3) is 8.30. The van der Waals surface area contributed by atoms with Gasteiger partial charge in [0.2, 0.25) is 0 Å². The predicted octanol–water partition coefficient (Wildman–Crippen LogP) is 3.04. The first-order chi connectivity index (χ1) is 13.3. The summed E-state index contributed by atoms with van der Waals surface area (Å²) in [5, 5.41) is 6.32. The molecule has 2 rings (SSSR count). The van der Waals surface area contributed by atoms with Crippen LogP contribution < -0.4 is 10.6 Å². The van der Waals surface area contributed by atoms with Crippen molar-refractivity contribution in [2.75, 3.05) is 33.4 Å². The molecule has 0 bridgehead atoms. The lowest BCUT2D eigenvalue weighted by Gasteiger charge is -2.22. The Morgan fingerprint density at radius 1 is 1.32 bits per heavy atom. The van der Waals surface area contributed by atoms with Gasteiger partial charge in [0.25, 0.3) is 5.91 Å². The highest BCUT2D eigenvalue weighted by atomic mass is 16.5. The summed E-state index contributed by atoms with van der Waals surface area (Å²) < 4.78 is 5.73. The molecule has 0 saturated heterocycles.